The van der Waals surface area contributed by atoms with Crippen LogP contribution >= 0.6 is 0 Å². The maximum Gasteiger partial charge on any atom is 0.246 e. The lowest BCUT2D eigenvalue weighted by atomic mass is 10.2. The monoisotopic (exact) mass is 387 g/mol. The van der Waals surface area contributed by atoms with Gasteiger partial charge >= 0.3 is 0 Å². The van der Waals surface area contributed by atoms with Crippen molar-refractivity contribution in [1.29, 1.82) is 0 Å². The molecule has 2 amide bonds. The van der Waals surface area contributed by atoms with E-state index in [2.05, 4.69) is 10.0 Å². The summed E-state index contributed by atoms with van der Waals surface area (Å²) in [5.74, 6) is -0.641. The maximum absolute atomic E-state index is 12.1. The third kappa shape index (κ3) is 6.05. The Kier molecular flexibility index (Phi) is 6.86. The van der Waals surface area contributed by atoms with Crippen LogP contribution in [0.2, 0.25) is 0 Å². The van der Waals surface area contributed by atoms with Crippen LogP contribution in [-0.2, 0) is 19.6 Å². The SMILES string of the molecule is CNS(=O)(=O)c1ccc(/C=C/C(=O)N(C)CC(=O)Nc2ccccc2)cc1. The number of hydrogen-bond donors (Lipinski definition) is 2. The van der Waals surface area contributed by atoms with Gasteiger partial charge in [0.05, 0.1) is 11.4 Å². The molecule has 0 spiro atoms. The molecule has 0 radical (unpaired) electrons. The number of hydrogen-bond acceptors (Lipinski definition) is 4. The van der Waals surface area contributed by atoms with Gasteiger partial charge in [0.25, 0.3) is 0 Å². The molecule has 0 bridgehead atoms. The molecule has 0 aromatic heterocycles. The van der Waals surface area contributed by atoms with Crippen molar-refractivity contribution >= 4 is 33.6 Å². The number of anilines is 1. The van der Waals surface area contributed by atoms with Gasteiger partial charge in [-0.2, -0.15) is 0 Å². The first kappa shape index (κ1) is 20.3. The second-order valence-electron chi connectivity index (χ2n) is 5.72. The number of likely N-dealkylation sites (N-methyl/N-ethyl adjacent to an activating group) is 1. The van der Waals surface area contributed by atoms with E-state index in [1.54, 1.807) is 42.5 Å². The molecule has 142 valence electrons. The van der Waals surface area contributed by atoms with Crippen LogP contribution in [0, 0.1) is 0 Å². The first-order valence-electron chi connectivity index (χ1n) is 8.13. The number of nitrogens with one attached hydrogen (secondary N) is 2. The lowest BCUT2D eigenvalue weighted by Gasteiger charge is -2.14. The van der Waals surface area contributed by atoms with Crippen molar-refractivity contribution in [3.05, 3.63) is 66.2 Å². The molecular formula is C19H21N3O4S. The van der Waals surface area contributed by atoms with Gasteiger partial charge in [-0.1, -0.05) is 30.3 Å². The van der Waals surface area contributed by atoms with Crippen molar-refractivity contribution < 1.29 is 18.0 Å². The number of carbonyl (C=O) groups excluding carboxylic acids is 2. The molecule has 27 heavy (non-hydrogen) atoms. The van der Waals surface area contributed by atoms with E-state index in [9.17, 15) is 18.0 Å². The van der Waals surface area contributed by atoms with E-state index in [0.29, 0.717) is 11.3 Å². The van der Waals surface area contributed by atoms with E-state index in [-0.39, 0.29) is 23.3 Å². The number of benzene rings is 2. The highest BCUT2D eigenvalue weighted by molar-refractivity contribution is 7.89. The Morgan fingerprint density at radius 2 is 1.67 bits per heavy atom. The van der Waals surface area contributed by atoms with Gasteiger partial charge in [-0.25, -0.2) is 13.1 Å². The van der Waals surface area contributed by atoms with Gasteiger partial charge < -0.3 is 10.2 Å². The molecule has 0 saturated carbocycles. The van der Waals surface area contributed by atoms with Crippen LogP contribution in [0.25, 0.3) is 6.08 Å². The molecule has 0 atom stereocenters. The average Bonchev–Trinajstić information content (AvgIpc) is 2.67. The topological polar surface area (TPSA) is 95.6 Å². The lowest BCUT2D eigenvalue weighted by Crippen LogP contribution is -2.33. The van der Waals surface area contributed by atoms with E-state index >= 15 is 0 Å². The fraction of sp³-hybridized carbons (Fsp3) is 0.158. The van der Waals surface area contributed by atoms with Gasteiger partial charge in [-0.05, 0) is 43.0 Å². The summed E-state index contributed by atoms with van der Waals surface area (Å²) in [4.78, 5) is 25.5. The third-order valence-electron chi connectivity index (χ3n) is 3.69. The standard InChI is InChI=1S/C19H21N3O4S/c1-20-27(25,26)17-11-8-15(9-12-17)10-13-19(24)22(2)14-18(23)21-16-6-4-3-5-7-16/h3-13,20H,14H2,1-2H3,(H,21,23)/b13-10+. The molecule has 0 saturated heterocycles. The predicted octanol–water partition coefficient (Wildman–Crippen LogP) is 1.70. The largest absolute Gasteiger partial charge is 0.333 e. The number of amides is 2. The Morgan fingerprint density at radius 1 is 1.04 bits per heavy atom. The summed E-state index contributed by atoms with van der Waals surface area (Å²) in [6.07, 6.45) is 2.89. The van der Waals surface area contributed by atoms with Crippen molar-refractivity contribution in [3.8, 4) is 0 Å². The zero-order valence-electron chi connectivity index (χ0n) is 15.0. The maximum atomic E-state index is 12.1. The second kappa shape index (κ2) is 9.11. The van der Waals surface area contributed by atoms with Crippen LogP contribution < -0.4 is 10.0 Å². The van der Waals surface area contributed by atoms with Gasteiger partial charge in [0.1, 0.15) is 0 Å². The molecule has 0 unspecified atom stereocenters. The van der Waals surface area contributed by atoms with Crippen LogP contribution in [0.5, 0.6) is 0 Å². The number of para-hydroxylation sites is 1. The van der Waals surface area contributed by atoms with Crippen molar-refractivity contribution in [3.63, 3.8) is 0 Å². The second-order valence-corrected chi connectivity index (χ2v) is 7.60. The predicted molar refractivity (Wildman–Crippen MR) is 104 cm³/mol. The summed E-state index contributed by atoms with van der Waals surface area (Å²) in [6, 6.07) is 15.1. The molecule has 0 aliphatic heterocycles. The summed E-state index contributed by atoms with van der Waals surface area (Å²) in [5.41, 5.74) is 1.33. The van der Waals surface area contributed by atoms with Gasteiger partial charge in [0.2, 0.25) is 21.8 Å². The fourth-order valence-corrected chi connectivity index (χ4v) is 2.92. The molecule has 2 rings (SSSR count). The van der Waals surface area contributed by atoms with Crippen molar-refractivity contribution in [2.45, 2.75) is 4.90 Å². The summed E-state index contributed by atoms with van der Waals surface area (Å²) < 4.78 is 25.6. The molecular weight excluding hydrogens is 366 g/mol. The van der Waals surface area contributed by atoms with E-state index < -0.39 is 10.0 Å². The first-order chi connectivity index (χ1) is 12.8. The Morgan fingerprint density at radius 3 is 2.26 bits per heavy atom. The highest BCUT2D eigenvalue weighted by Gasteiger charge is 2.12. The Labute approximate surface area is 158 Å². The number of carbonyl (C=O) groups is 2. The van der Waals surface area contributed by atoms with Gasteiger partial charge in [0.15, 0.2) is 0 Å². The summed E-state index contributed by atoms with van der Waals surface area (Å²) in [6.45, 7) is -0.0859. The van der Waals surface area contributed by atoms with Crippen molar-refractivity contribution in [2.24, 2.45) is 0 Å². The minimum atomic E-state index is -3.49. The molecule has 0 heterocycles. The average molecular weight is 387 g/mol. The summed E-state index contributed by atoms with van der Waals surface area (Å²) in [7, 11) is -0.626. The number of nitrogens with zero attached hydrogens (tertiary/aromatic N) is 1. The fourth-order valence-electron chi connectivity index (χ4n) is 2.19. The van der Waals surface area contributed by atoms with Crippen LogP contribution in [-0.4, -0.2) is 45.8 Å². The molecule has 8 heteroatoms. The Balaban J connectivity index is 1.92. The third-order valence-corrected chi connectivity index (χ3v) is 5.12. The van der Waals surface area contributed by atoms with Crippen LogP contribution in [0.4, 0.5) is 5.69 Å². The lowest BCUT2D eigenvalue weighted by molar-refractivity contribution is -0.129. The van der Waals surface area contributed by atoms with E-state index in [4.69, 9.17) is 0 Å². The van der Waals surface area contributed by atoms with Crippen LogP contribution in [0.1, 0.15) is 5.56 Å². The minimum absolute atomic E-state index is 0.0859. The van der Waals surface area contributed by atoms with Crippen molar-refractivity contribution in [1.82, 2.24) is 9.62 Å². The Bertz CT molecular complexity index is 923. The minimum Gasteiger partial charge on any atom is -0.333 e. The molecule has 2 N–H and O–H groups in total. The number of rotatable bonds is 7. The van der Waals surface area contributed by atoms with E-state index in [1.807, 2.05) is 6.07 Å². The summed E-state index contributed by atoms with van der Waals surface area (Å²) >= 11 is 0. The molecule has 7 nitrogen and oxygen atoms in total. The van der Waals surface area contributed by atoms with Crippen molar-refractivity contribution in [2.75, 3.05) is 26.0 Å². The van der Waals surface area contributed by atoms with Crippen LogP contribution in [0.15, 0.2) is 65.6 Å². The van der Waals surface area contributed by atoms with Gasteiger partial charge in [0, 0.05) is 18.8 Å². The molecule has 2 aromatic rings. The molecule has 0 aliphatic carbocycles. The first-order valence-corrected chi connectivity index (χ1v) is 9.62. The van der Waals surface area contributed by atoms with E-state index in [0.717, 1.165) is 0 Å². The van der Waals surface area contributed by atoms with Gasteiger partial charge in [-0.3, -0.25) is 9.59 Å². The molecule has 0 fully saturated rings. The van der Waals surface area contributed by atoms with Gasteiger partial charge in [-0.15, -0.1) is 0 Å². The Hall–Kier alpha value is -2.97. The van der Waals surface area contributed by atoms with E-state index in [1.165, 1.54) is 37.2 Å². The normalized spacial score (nSPS) is 11.3. The summed E-state index contributed by atoms with van der Waals surface area (Å²) in [5, 5.41) is 2.71. The highest BCUT2D eigenvalue weighted by atomic mass is 32.2. The number of sulfonamides is 1. The molecule has 2 aromatic carbocycles. The van der Waals surface area contributed by atoms with Crippen LogP contribution in [0.3, 0.4) is 0 Å². The molecule has 0 aliphatic rings. The zero-order valence-corrected chi connectivity index (χ0v) is 15.9. The smallest absolute Gasteiger partial charge is 0.246 e. The zero-order chi connectivity index (χ0) is 19.9. The quantitative estimate of drug-likeness (QED) is 0.707. The highest BCUT2D eigenvalue weighted by Crippen LogP contribution is 2.11.